The van der Waals surface area contributed by atoms with Gasteiger partial charge in [-0.05, 0) is 31.1 Å². The van der Waals surface area contributed by atoms with E-state index in [9.17, 15) is 14.7 Å². The average molecular weight is 283 g/mol. The SMILES string of the molecule is O=C(O)CC1(CC(=O)NC2(CO)CCCC2)CCCC1. The van der Waals surface area contributed by atoms with Crippen LogP contribution in [0, 0.1) is 5.41 Å². The van der Waals surface area contributed by atoms with Crippen LogP contribution in [0.1, 0.15) is 64.2 Å². The molecular weight excluding hydrogens is 258 g/mol. The molecule has 3 N–H and O–H groups in total. The Morgan fingerprint density at radius 2 is 1.50 bits per heavy atom. The van der Waals surface area contributed by atoms with Crippen molar-refractivity contribution in [1.82, 2.24) is 5.32 Å². The van der Waals surface area contributed by atoms with Crippen molar-refractivity contribution in [3.63, 3.8) is 0 Å². The summed E-state index contributed by atoms with van der Waals surface area (Å²) < 4.78 is 0. The zero-order chi connectivity index (χ0) is 14.6. The molecule has 0 heterocycles. The van der Waals surface area contributed by atoms with Crippen molar-refractivity contribution >= 4 is 11.9 Å². The molecule has 2 aliphatic carbocycles. The molecule has 1 amide bonds. The first kappa shape index (κ1) is 15.3. The summed E-state index contributed by atoms with van der Waals surface area (Å²) >= 11 is 0. The average Bonchev–Trinajstić information content (AvgIpc) is 2.99. The molecule has 0 aromatic carbocycles. The summed E-state index contributed by atoms with van der Waals surface area (Å²) in [4.78, 5) is 23.3. The maximum absolute atomic E-state index is 12.3. The third-order valence-corrected chi connectivity index (χ3v) is 4.99. The summed E-state index contributed by atoms with van der Waals surface area (Å²) in [6.07, 6.45) is 7.70. The summed E-state index contributed by atoms with van der Waals surface area (Å²) in [5, 5.41) is 21.6. The number of rotatable bonds is 6. The van der Waals surface area contributed by atoms with Crippen LogP contribution >= 0.6 is 0 Å². The van der Waals surface area contributed by atoms with Gasteiger partial charge in [-0.3, -0.25) is 9.59 Å². The van der Waals surface area contributed by atoms with Crippen LogP contribution in [0.5, 0.6) is 0 Å². The Morgan fingerprint density at radius 3 is 2.00 bits per heavy atom. The minimum Gasteiger partial charge on any atom is -0.481 e. The minimum absolute atomic E-state index is 0.0231. The first-order valence-electron chi connectivity index (χ1n) is 7.63. The van der Waals surface area contributed by atoms with E-state index in [1.165, 1.54) is 0 Å². The minimum atomic E-state index is -0.822. The molecule has 0 atom stereocenters. The highest BCUT2D eigenvalue weighted by molar-refractivity contribution is 5.79. The Labute approximate surface area is 119 Å². The lowest BCUT2D eigenvalue weighted by Crippen LogP contribution is -2.50. The van der Waals surface area contributed by atoms with E-state index in [1.807, 2.05) is 0 Å². The molecule has 0 unspecified atom stereocenters. The molecule has 5 nitrogen and oxygen atoms in total. The van der Waals surface area contributed by atoms with Crippen LogP contribution in [0.25, 0.3) is 0 Å². The molecule has 0 aromatic rings. The standard InChI is InChI=1S/C15H25NO4/c17-11-15(7-3-4-8-15)16-12(18)9-14(10-13(19)20)5-1-2-6-14/h17H,1-11H2,(H,16,18)(H,19,20). The number of carbonyl (C=O) groups is 2. The zero-order valence-corrected chi connectivity index (χ0v) is 12.0. The van der Waals surface area contributed by atoms with E-state index in [0.717, 1.165) is 51.4 Å². The molecule has 0 spiro atoms. The van der Waals surface area contributed by atoms with Gasteiger partial charge in [-0.15, -0.1) is 0 Å². The van der Waals surface area contributed by atoms with Gasteiger partial charge in [0.2, 0.25) is 5.91 Å². The topological polar surface area (TPSA) is 86.6 Å². The number of aliphatic carboxylic acids is 1. The van der Waals surface area contributed by atoms with E-state index in [4.69, 9.17) is 5.11 Å². The monoisotopic (exact) mass is 283 g/mol. The Kier molecular flexibility index (Phi) is 4.68. The number of amides is 1. The largest absolute Gasteiger partial charge is 0.481 e. The first-order chi connectivity index (χ1) is 9.49. The second kappa shape index (κ2) is 6.12. The van der Waals surface area contributed by atoms with E-state index in [-0.39, 0.29) is 30.8 Å². The van der Waals surface area contributed by atoms with Crippen LogP contribution in [-0.2, 0) is 9.59 Å². The molecule has 0 radical (unpaired) electrons. The number of hydrogen-bond donors (Lipinski definition) is 3. The number of nitrogens with one attached hydrogen (secondary N) is 1. The van der Waals surface area contributed by atoms with Crippen LogP contribution in [-0.4, -0.2) is 34.2 Å². The van der Waals surface area contributed by atoms with Crippen molar-refractivity contribution in [2.24, 2.45) is 5.41 Å². The highest BCUT2D eigenvalue weighted by atomic mass is 16.4. The second-order valence-corrected chi connectivity index (χ2v) is 6.65. The van der Waals surface area contributed by atoms with Gasteiger partial charge in [-0.2, -0.15) is 0 Å². The van der Waals surface area contributed by atoms with Gasteiger partial charge in [-0.25, -0.2) is 0 Å². The van der Waals surface area contributed by atoms with Crippen LogP contribution in [0.4, 0.5) is 0 Å². The van der Waals surface area contributed by atoms with Crippen molar-refractivity contribution < 1.29 is 19.8 Å². The molecular formula is C15H25NO4. The molecule has 114 valence electrons. The number of hydrogen-bond acceptors (Lipinski definition) is 3. The van der Waals surface area contributed by atoms with Gasteiger partial charge in [0, 0.05) is 6.42 Å². The summed E-state index contributed by atoms with van der Waals surface area (Å²) in [6.45, 7) is -0.0231. The smallest absolute Gasteiger partial charge is 0.303 e. The summed E-state index contributed by atoms with van der Waals surface area (Å²) in [5.41, 5.74) is -0.828. The fourth-order valence-corrected chi connectivity index (χ4v) is 3.92. The molecule has 0 aromatic heterocycles. The third kappa shape index (κ3) is 3.51. The summed E-state index contributed by atoms with van der Waals surface area (Å²) in [6, 6.07) is 0. The van der Waals surface area contributed by atoms with Crippen LogP contribution in [0.15, 0.2) is 0 Å². The van der Waals surface area contributed by atoms with Gasteiger partial charge in [0.05, 0.1) is 18.6 Å². The fourth-order valence-electron chi connectivity index (χ4n) is 3.92. The quantitative estimate of drug-likeness (QED) is 0.694. The number of carboxylic acids is 1. The number of carbonyl (C=O) groups excluding carboxylic acids is 1. The summed E-state index contributed by atoms with van der Waals surface area (Å²) in [7, 11) is 0. The molecule has 2 saturated carbocycles. The molecule has 2 aliphatic rings. The molecule has 0 aliphatic heterocycles. The van der Waals surface area contributed by atoms with E-state index >= 15 is 0 Å². The molecule has 2 fully saturated rings. The second-order valence-electron chi connectivity index (χ2n) is 6.65. The van der Waals surface area contributed by atoms with Gasteiger partial charge >= 0.3 is 5.97 Å². The first-order valence-corrected chi connectivity index (χ1v) is 7.63. The van der Waals surface area contributed by atoms with E-state index < -0.39 is 11.5 Å². The van der Waals surface area contributed by atoms with E-state index in [0.29, 0.717) is 0 Å². The Morgan fingerprint density at radius 1 is 0.950 bits per heavy atom. The lowest BCUT2D eigenvalue weighted by atomic mass is 9.79. The molecule has 5 heteroatoms. The highest BCUT2D eigenvalue weighted by Gasteiger charge is 2.40. The Bertz CT molecular complexity index is 368. The van der Waals surface area contributed by atoms with Gasteiger partial charge in [-0.1, -0.05) is 25.7 Å². The van der Waals surface area contributed by atoms with Gasteiger partial charge in [0.15, 0.2) is 0 Å². The van der Waals surface area contributed by atoms with Crippen molar-refractivity contribution in [2.45, 2.75) is 69.7 Å². The van der Waals surface area contributed by atoms with Crippen molar-refractivity contribution in [3.8, 4) is 0 Å². The Balaban J connectivity index is 1.96. The summed E-state index contributed by atoms with van der Waals surface area (Å²) in [5.74, 6) is -0.915. The Hall–Kier alpha value is -1.10. The predicted octanol–water partition coefficient (Wildman–Crippen LogP) is 1.83. The van der Waals surface area contributed by atoms with Gasteiger partial charge in [0.1, 0.15) is 0 Å². The zero-order valence-electron chi connectivity index (χ0n) is 12.0. The number of carboxylic acid groups (broad SMARTS) is 1. The van der Waals surface area contributed by atoms with Crippen LogP contribution in [0.2, 0.25) is 0 Å². The molecule has 0 bridgehead atoms. The number of aliphatic hydroxyl groups is 1. The van der Waals surface area contributed by atoms with E-state index in [2.05, 4.69) is 5.32 Å². The lowest BCUT2D eigenvalue weighted by Gasteiger charge is -2.32. The van der Waals surface area contributed by atoms with Crippen LogP contribution < -0.4 is 5.32 Å². The molecule has 0 saturated heterocycles. The van der Waals surface area contributed by atoms with Gasteiger partial charge < -0.3 is 15.5 Å². The molecule has 20 heavy (non-hydrogen) atoms. The van der Waals surface area contributed by atoms with E-state index in [1.54, 1.807) is 0 Å². The van der Waals surface area contributed by atoms with Crippen molar-refractivity contribution in [2.75, 3.05) is 6.61 Å². The van der Waals surface area contributed by atoms with Gasteiger partial charge in [0.25, 0.3) is 0 Å². The third-order valence-electron chi connectivity index (χ3n) is 4.99. The van der Waals surface area contributed by atoms with Crippen molar-refractivity contribution in [3.05, 3.63) is 0 Å². The highest BCUT2D eigenvalue weighted by Crippen LogP contribution is 2.44. The number of aliphatic hydroxyl groups excluding tert-OH is 1. The normalized spacial score (nSPS) is 23.6. The maximum Gasteiger partial charge on any atom is 0.303 e. The lowest BCUT2D eigenvalue weighted by molar-refractivity contribution is -0.140. The molecule has 2 rings (SSSR count). The van der Waals surface area contributed by atoms with Crippen molar-refractivity contribution in [1.29, 1.82) is 0 Å². The maximum atomic E-state index is 12.3. The predicted molar refractivity (Wildman–Crippen MR) is 74.2 cm³/mol. The fraction of sp³-hybridized carbons (Fsp3) is 0.867. The van der Waals surface area contributed by atoms with Crippen LogP contribution in [0.3, 0.4) is 0 Å².